The second-order valence-corrected chi connectivity index (χ2v) is 9.72. The fourth-order valence-corrected chi connectivity index (χ4v) is 4.91. The molecule has 0 amide bonds. The molecule has 8 nitrogen and oxygen atoms in total. The molecule has 2 aliphatic carbocycles. The molecule has 1 atom stereocenters. The zero-order chi connectivity index (χ0) is 22.8. The van der Waals surface area contributed by atoms with Gasteiger partial charge in [-0.3, -0.25) is 14.2 Å². The number of nitrogens with two attached hydrogens (primary N) is 1. The normalized spacial score (nSPS) is 20.1. The number of hydrogen-bond donors (Lipinski definition) is 2. The van der Waals surface area contributed by atoms with E-state index in [2.05, 4.69) is 39.1 Å². The van der Waals surface area contributed by atoms with Crippen molar-refractivity contribution >= 4 is 33.4 Å². The number of nitrogens with one attached hydrogen (secondary N) is 1. The SMILES string of the molecule is Nc1ncc(C(=O)C2CC2)c2c1c(C#Cc1ccc3cn(C4CC4)nc3c1)nn2C1CCNC1. The maximum atomic E-state index is 13.1. The highest BCUT2D eigenvalue weighted by molar-refractivity contribution is 6.11. The van der Waals surface area contributed by atoms with E-state index < -0.39 is 0 Å². The van der Waals surface area contributed by atoms with Crippen LogP contribution in [0, 0.1) is 17.8 Å². The summed E-state index contributed by atoms with van der Waals surface area (Å²) in [4.78, 5) is 17.5. The molecule has 8 heteroatoms. The van der Waals surface area contributed by atoms with Crippen molar-refractivity contribution in [2.75, 3.05) is 18.8 Å². The maximum Gasteiger partial charge on any atom is 0.169 e. The van der Waals surface area contributed by atoms with Gasteiger partial charge >= 0.3 is 0 Å². The molecular weight excluding hydrogens is 426 g/mol. The Morgan fingerprint density at radius 3 is 2.74 bits per heavy atom. The van der Waals surface area contributed by atoms with Crippen LogP contribution in [0.2, 0.25) is 0 Å². The summed E-state index contributed by atoms with van der Waals surface area (Å²) in [5.41, 5.74) is 10.1. The molecular formula is C26H25N7O. The molecule has 4 heterocycles. The fraction of sp³-hybridized carbons (Fsp3) is 0.385. The largest absolute Gasteiger partial charge is 0.383 e. The Kier molecular flexibility index (Phi) is 4.30. The molecule has 0 bridgehead atoms. The van der Waals surface area contributed by atoms with Gasteiger partial charge in [-0.15, -0.1) is 0 Å². The van der Waals surface area contributed by atoms with Crippen molar-refractivity contribution in [2.45, 2.75) is 44.2 Å². The van der Waals surface area contributed by atoms with E-state index in [0.29, 0.717) is 28.5 Å². The van der Waals surface area contributed by atoms with E-state index in [-0.39, 0.29) is 17.7 Å². The van der Waals surface area contributed by atoms with E-state index in [4.69, 9.17) is 15.9 Å². The maximum absolute atomic E-state index is 13.1. The molecule has 3 fully saturated rings. The molecule has 3 aliphatic rings. The summed E-state index contributed by atoms with van der Waals surface area (Å²) >= 11 is 0. The van der Waals surface area contributed by atoms with Crippen molar-refractivity contribution in [2.24, 2.45) is 5.92 Å². The average molecular weight is 452 g/mol. The first-order chi connectivity index (χ1) is 16.7. The number of nitrogen functional groups attached to an aromatic ring is 1. The molecule has 3 N–H and O–H groups in total. The Labute approximate surface area is 196 Å². The third-order valence-electron chi connectivity index (χ3n) is 7.12. The van der Waals surface area contributed by atoms with Crippen LogP contribution in [0.25, 0.3) is 21.8 Å². The van der Waals surface area contributed by atoms with Gasteiger partial charge in [0, 0.05) is 35.8 Å². The van der Waals surface area contributed by atoms with Crippen LogP contribution in [0.3, 0.4) is 0 Å². The zero-order valence-electron chi connectivity index (χ0n) is 18.8. The Hall–Kier alpha value is -3.70. The minimum atomic E-state index is 0.0929. The van der Waals surface area contributed by atoms with Gasteiger partial charge in [-0.2, -0.15) is 10.2 Å². The summed E-state index contributed by atoms with van der Waals surface area (Å²) in [7, 11) is 0. The first-order valence-corrected chi connectivity index (χ1v) is 12.1. The number of anilines is 1. The summed E-state index contributed by atoms with van der Waals surface area (Å²) in [6.45, 7) is 1.73. The van der Waals surface area contributed by atoms with Crippen molar-refractivity contribution in [1.29, 1.82) is 0 Å². The Bertz CT molecular complexity index is 1520. The lowest BCUT2D eigenvalue weighted by molar-refractivity contribution is 0.0968. The third kappa shape index (κ3) is 3.27. The molecule has 1 unspecified atom stereocenters. The molecule has 4 aromatic rings. The zero-order valence-corrected chi connectivity index (χ0v) is 18.8. The number of Topliss-reactive ketones (excluding diaryl/α,β-unsaturated/α-hetero) is 1. The molecule has 7 rings (SSSR count). The number of benzene rings is 1. The molecule has 34 heavy (non-hydrogen) atoms. The van der Waals surface area contributed by atoms with Crippen molar-refractivity contribution in [1.82, 2.24) is 29.9 Å². The monoisotopic (exact) mass is 451 g/mol. The number of nitrogens with zero attached hydrogens (tertiary/aromatic N) is 5. The molecule has 1 aromatic carbocycles. The van der Waals surface area contributed by atoms with E-state index in [1.165, 1.54) is 12.8 Å². The molecule has 170 valence electrons. The van der Waals surface area contributed by atoms with Crippen LogP contribution >= 0.6 is 0 Å². The number of fused-ring (bicyclic) bond motifs is 2. The molecule has 1 saturated heterocycles. The summed E-state index contributed by atoms with van der Waals surface area (Å²) in [5, 5.41) is 14.8. The second kappa shape index (κ2) is 7.40. The number of ketones is 1. The average Bonchev–Trinajstić information content (AvgIpc) is 3.74. The van der Waals surface area contributed by atoms with E-state index in [0.717, 1.165) is 54.3 Å². The van der Waals surface area contributed by atoms with E-state index in [1.807, 2.05) is 16.8 Å². The summed E-state index contributed by atoms with van der Waals surface area (Å²) < 4.78 is 4.03. The lowest BCUT2D eigenvalue weighted by Crippen LogP contribution is -2.16. The van der Waals surface area contributed by atoms with Crippen LogP contribution < -0.4 is 11.1 Å². The van der Waals surface area contributed by atoms with E-state index in [1.54, 1.807) is 6.20 Å². The van der Waals surface area contributed by atoms with Gasteiger partial charge in [0.1, 0.15) is 11.5 Å². The van der Waals surface area contributed by atoms with Crippen LogP contribution in [0.15, 0.2) is 30.6 Å². The minimum absolute atomic E-state index is 0.0929. The molecule has 0 radical (unpaired) electrons. The lowest BCUT2D eigenvalue weighted by Gasteiger charge is -2.13. The lowest BCUT2D eigenvalue weighted by atomic mass is 10.0. The van der Waals surface area contributed by atoms with Crippen LogP contribution in [0.4, 0.5) is 5.82 Å². The predicted molar refractivity (Wildman–Crippen MR) is 130 cm³/mol. The van der Waals surface area contributed by atoms with Gasteiger partial charge in [0.25, 0.3) is 0 Å². The quantitative estimate of drug-likeness (QED) is 0.365. The number of carbonyl (C=O) groups excluding carboxylic acids is 1. The Balaban J connectivity index is 1.35. The highest BCUT2D eigenvalue weighted by Crippen LogP contribution is 2.37. The number of aromatic nitrogens is 5. The standard InChI is InChI=1S/C26H25N7O/c27-26-23-21(8-2-15-1-3-17-14-32(18-6-7-18)30-22(17)11-15)31-33(19-9-10-28-12-19)24(23)20(13-29-26)25(34)16-4-5-16/h1,3,11,13-14,16,18-19,28H,4-7,9-10,12H2,(H2,27,29). The van der Waals surface area contributed by atoms with Crippen molar-refractivity contribution in [3.63, 3.8) is 0 Å². The summed E-state index contributed by atoms with van der Waals surface area (Å²) in [5.74, 6) is 7.09. The number of rotatable bonds is 4. The van der Waals surface area contributed by atoms with Crippen LogP contribution in [-0.4, -0.2) is 43.4 Å². The minimum Gasteiger partial charge on any atom is -0.383 e. The number of hydrogen-bond acceptors (Lipinski definition) is 6. The van der Waals surface area contributed by atoms with Crippen LogP contribution in [-0.2, 0) is 0 Å². The Morgan fingerprint density at radius 1 is 1.09 bits per heavy atom. The van der Waals surface area contributed by atoms with Gasteiger partial charge in [0.15, 0.2) is 5.78 Å². The first kappa shape index (κ1) is 19.7. The van der Waals surface area contributed by atoms with Gasteiger partial charge in [-0.25, -0.2) is 4.98 Å². The molecule has 3 aromatic heterocycles. The second-order valence-electron chi connectivity index (χ2n) is 9.72. The van der Waals surface area contributed by atoms with Crippen LogP contribution in [0.5, 0.6) is 0 Å². The van der Waals surface area contributed by atoms with Crippen molar-refractivity contribution in [3.05, 3.63) is 47.4 Å². The highest BCUT2D eigenvalue weighted by Gasteiger charge is 2.34. The number of pyridine rings is 1. The first-order valence-electron chi connectivity index (χ1n) is 12.1. The van der Waals surface area contributed by atoms with E-state index >= 15 is 0 Å². The Morgan fingerprint density at radius 2 is 1.97 bits per heavy atom. The van der Waals surface area contributed by atoms with Gasteiger partial charge in [-0.05, 0) is 62.8 Å². The van der Waals surface area contributed by atoms with Gasteiger partial charge in [0.2, 0.25) is 0 Å². The summed E-state index contributed by atoms with van der Waals surface area (Å²) in [6, 6.07) is 6.80. The summed E-state index contributed by atoms with van der Waals surface area (Å²) in [6.07, 6.45) is 8.97. The fourth-order valence-electron chi connectivity index (χ4n) is 4.91. The van der Waals surface area contributed by atoms with Crippen LogP contribution in [0.1, 0.15) is 65.8 Å². The van der Waals surface area contributed by atoms with Gasteiger partial charge < -0.3 is 11.1 Å². The molecule has 0 spiro atoms. The van der Waals surface area contributed by atoms with Crippen molar-refractivity contribution < 1.29 is 4.79 Å². The smallest absolute Gasteiger partial charge is 0.169 e. The van der Waals surface area contributed by atoms with Crippen molar-refractivity contribution in [3.8, 4) is 11.8 Å². The molecule has 1 aliphatic heterocycles. The van der Waals surface area contributed by atoms with Gasteiger partial charge in [-0.1, -0.05) is 5.92 Å². The number of carbonyl (C=O) groups is 1. The van der Waals surface area contributed by atoms with Gasteiger partial charge in [0.05, 0.1) is 34.1 Å². The predicted octanol–water partition coefficient (Wildman–Crippen LogP) is 3.23. The molecule has 2 saturated carbocycles. The topological polar surface area (TPSA) is 104 Å². The highest BCUT2D eigenvalue weighted by atomic mass is 16.1. The third-order valence-corrected chi connectivity index (χ3v) is 7.12. The van der Waals surface area contributed by atoms with E-state index in [9.17, 15) is 4.79 Å².